The Kier molecular flexibility index (Phi) is 6.11. The van der Waals surface area contributed by atoms with Gasteiger partial charge in [-0.05, 0) is 31.7 Å². The van der Waals surface area contributed by atoms with Crippen LogP contribution in [0.2, 0.25) is 0 Å². The molecule has 0 atom stereocenters. The van der Waals surface area contributed by atoms with Gasteiger partial charge in [-0.1, -0.05) is 49.1 Å². The molecule has 2 aliphatic rings. The average molecular weight is 342 g/mol. The van der Waals surface area contributed by atoms with Crippen LogP contribution in [0, 0.1) is 12.8 Å². The van der Waals surface area contributed by atoms with Gasteiger partial charge in [-0.25, -0.2) is 0 Å². The van der Waals surface area contributed by atoms with Crippen molar-refractivity contribution < 1.29 is 9.59 Å². The van der Waals surface area contributed by atoms with Gasteiger partial charge in [0.2, 0.25) is 11.8 Å². The molecule has 0 unspecified atom stereocenters. The highest BCUT2D eigenvalue weighted by Gasteiger charge is 2.28. The lowest BCUT2D eigenvalue weighted by atomic mass is 9.88. The molecule has 4 nitrogen and oxygen atoms in total. The number of hydrogen-bond acceptors (Lipinski definition) is 2. The predicted molar refractivity (Wildman–Crippen MR) is 99.2 cm³/mol. The number of nitrogens with zero attached hydrogens (tertiary/aromatic N) is 2. The summed E-state index contributed by atoms with van der Waals surface area (Å²) in [6, 6.07) is 8.17. The zero-order valence-electron chi connectivity index (χ0n) is 15.4. The summed E-state index contributed by atoms with van der Waals surface area (Å²) in [6.45, 7) is 4.97. The predicted octanol–water partition coefficient (Wildman–Crippen LogP) is 3.18. The topological polar surface area (TPSA) is 40.6 Å². The molecular formula is C21H30N2O2. The van der Waals surface area contributed by atoms with E-state index in [4.69, 9.17) is 0 Å². The van der Waals surface area contributed by atoms with Crippen molar-refractivity contribution in [3.05, 3.63) is 35.4 Å². The van der Waals surface area contributed by atoms with Crippen LogP contribution in [-0.4, -0.2) is 47.8 Å². The van der Waals surface area contributed by atoms with Gasteiger partial charge in [-0.2, -0.15) is 0 Å². The van der Waals surface area contributed by atoms with E-state index in [1.807, 2.05) is 21.9 Å². The fourth-order valence-electron chi connectivity index (χ4n) is 3.99. The fourth-order valence-corrected chi connectivity index (χ4v) is 3.99. The van der Waals surface area contributed by atoms with E-state index in [1.165, 1.54) is 24.8 Å². The Balaban J connectivity index is 1.52. The lowest BCUT2D eigenvalue weighted by Gasteiger charge is -2.28. The maximum absolute atomic E-state index is 12.7. The third kappa shape index (κ3) is 4.83. The van der Waals surface area contributed by atoms with Gasteiger partial charge in [0.15, 0.2) is 0 Å². The van der Waals surface area contributed by atoms with E-state index in [1.54, 1.807) is 0 Å². The molecule has 1 aliphatic carbocycles. The highest BCUT2D eigenvalue weighted by Crippen LogP contribution is 2.25. The van der Waals surface area contributed by atoms with Crippen molar-refractivity contribution in [2.45, 2.75) is 51.9 Å². The standard InChI is InChI=1S/C21H30N2O2/c1-17-8-10-18(11-9-17)16-20(24)22-12-5-13-23(15-14-22)21(25)19-6-3-2-4-7-19/h8-11,19H,2-7,12-16H2,1H3. The van der Waals surface area contributed by atoms with Gasteiger partial charge in [0.25, 0.3) is 0 Å². The highest BCUT2D eigenvalue weighted by molar-refractivity contribution is 5.80. The third-order valence-electron chi connectivity index (χ3n) is 5.59. The van der Waals surface area contributed by atoms with E-state index < -0.39 is 0 Å². The molecule has 2 amide bonds. The molecule has 1 aliphatic heterocycles. The van der Waals surface area contributed by atoms with Crippen LogP contribution in [0.25, 0.3) is 0 Å². The number of rotatable bonds is 3. The summed E-state index contributed by atoms with van der Waals surface area (Å²) in [5, 5.41) is 0. The first-order chi connectivity index (χ1) is 12.1. The molecule has 0 N–H and O–H groups in total. The molecule has 0 aromatic heterocycles. The van der Waals surface area contributed by atoms with E-state index >= 15 is 0 Å². The Labute approximate surface area is 151 Å². The van der Waals surface area contributed by atoms with Crippen LogP contribution < -0.4 is 0 Å². The summed E-state index contributed by atoms with van der Waals surface area (Å²) in [6.07, 6.45) is 7.08. The average Bonchev–Trinajstić information content (AvgIpc) is 2.90. The molecule has 1 aromatic carbocycles. The molecule has 3 rings (SSSR count). The fraction of sp³-hybridized carbons (Fsp3) is 0.619. The van der Waals surface area contributed by atoms with E-state index in [0.29, 0.717) is 25.4 Å². The Morgan fingerprint density at radius 1 is 0.880 bits per heavy atom. The van der Waals surface area contributed by atoms with Gasteiger partial charge in [0.1, 0.15) is 0 Å². The molecule has 1 saturated heterocycles. The molecule has 4 heteroatoms. The van der Waals surface area contributed by atoms with Crippen molar-refractivity contribution in [2.75, 3.05) is 26.2 Å². The maximum atomic E-state index is 12.7. The Hall–Kier alpha value is -1.84. The molecule has 2 fully saturated rings. The first kappa shape index (κ1) is 18.0. The quantitative estimate of drug-likeness (QED) is 0.846. The second-order valence-electron chi connectivity index (χ2n) is 7.56. The van der Waals surface area contributed by atoms with Crippen LogP contribution >= 0.6 is 0 Å². The smallest absolute Gasteiger partial charge is 0.227 e. The summed E-state index contributed by atoms with van der Waals surface area (Å²) >= 11 is 0. The van der Waals surface area contributed by atoms with E-state index in [-0.39, 0.29) is 11.8 Å². The van der Waals surface area contributed by atoms with Crippen LogP contribution in [0.5, 0.6) is 0 Å². The Morgan fingerprint density at radius 3 is 2.24 bits per heavy atom. The summed E-state index contributed by atoms with van der Waals surface area (Å²) in [7, 11) is 0. The lowest BCUT2D eigenvalue weighted by Crippen LogP contribution is -2.40. The van der Waals surface area contributed by atoms with Crippen molar-refractivity contribution in [3.8, 4) is 0 Å². The number of carbonyl (C=O) groups excluding carboxylic acids is 2. The zero-order valence-corrected chi connectivity index (χ0v) is 15.4. The summed E-state index contributed by atoms with van der Waals surface area (Å²) in [5.41, 5.74) is 2.28. The van der Waals surface area contributed by atoms with Crippen molar-refractivity contribution >= 4 is 11.8 Å². The first-order valence-electron chi connectivity index (χ1n) is 9.75. The molecule has 136 valence electrons. The van der Waals surface area contributed by atoms with Gasteiger partial charge in [-0.3, -0.25) is 9.59 Å². The van der Waals surface area contributed by atoms with Crippen LogP contribution in [0.4, 0.5) is 0 Å². The Morgan fingerprint density at radius 2 is 1.52 bits per heavy atom. The molecular weight excluding hydrogens is 312 g/mol. The normalized spacial score (nSPS) is 19.6. The molecule has 25 heavy (non-hydrogen) atoms. The second-order valence-corrected chi connectivity index (χ2v) is 7.56. The van der Waals surface area contributed by atoms with Gasteiger partial charge in [-0.15, -0.1) is 0 Å². The number of amides is 2. The van der Waals surface area contributed by atoms with Crippen LogP contribution in [0.15, 0.2) is 24.3 Å². The number of aryl methyl sites for hydroxylation is 1. The maximum Gasteiger partial charge on any atom is 0.227 e. The summed E-state index contributed by atoms with van der Waals surface area (Å²) in [5.74, 6) is 0.729. The van der Waals surface area contributed by atoms with Crippen molar-refractivity contribution in [3.63, 3.8) is 0 Å². The van der Waals surface area contributed by atoms with Crippen molar-refractivity contribution in [1.82, 2.24) is 9.80 Å². The van der Waals surface area contributed by atoms with Gasteiger partial charge >= 0.3 is 0 Å². The van der Waals surface area contributed by atoms with E-state index in [2.05, 4.69) is 19.1 Å². The molecule has 0 spiro atoms. The molecule has 1 aromatic rings. The van der Waals surface area contributed by atoms with Gasteiger partial charge < -0.3 is 9.80 Å². The van der Waals surface area contributed by atoms with Crippen LogP contribution in [0.3, 0.4) is 0 Å². The number of hydrogen-bond donors (Lipinski definition) is 0. The highest BCUT2D eigenvalue weighted by atomic mass is 16.2. The molecule has 0 bridgehead atoms. The van der Waals surface area contributed by atoms with E-state index in [0.717, 1.165) is 37.9 Å². The van der Waals surface area contributed by atoms with Crippen molar-refractivity contribution in [1.29, 1.82) is 0 Å². The second kappa shape index (κ2) is 8.50. The minimum Gasteiger partial charge on any atom is -0.341 e. The number of benzene rings is 1. The lowest BCUT2D eigenvalue weighted by molar-refractivity contribution is -0.137. The van der Waals surface area contributed by atoms with Crippen LogP contribution in [-0.2, 0) is 16.0 Å². The van der Waals surface area contributed by atoms with Gasteiger partial charge in [0.05, 0.1) is 6.42 Å². The summed E-state index contributed by atoms with van der Waals surface area (Å²) < 4.78 is 0. The number of carbonyl (C=O) groups is 2. The first-order valence-corrected chi connectivity index (χ1v) is 9.75. The molecule has 1 saturated carbocycles. The monoisotopic (exact) mass is 342 g/mol. The SMILES string of the molecule is Cc1ccc(CC(=O)N2CCCN(C(=O)C3CCCCC3)CC2)cc1. The van der Waals surface area contributed by atoms with E-state index in [9.17, 15) is 9.59 Å². The molecule has 1 heterocycles. The summed E-state index contributed by atoms with van der Waals surface area (Å²) in [4.78, 5) is 29.3. The largest absolute Gasteiger partial charge is 0.341 e. The minimum atomic E-state index is 0.177. The molecule has 0 radical (unpaired) electrons. The Bertz CT molecular complexity index is 590. The van der Waals surface area contributed by atoms with Gasteiger partial charge in [0, 0.05) is 32.1 Å². The van der Waals surface area contributed by atoms with Crippen LogP contribution in [0.1, 0.15) is 49.7 Å². The third-order valence-corrected chi connectivity index (χ3v) is 5.59. The zero-order chi connectivity index (χ0) is 17.6. The van der Waals surface area contributed by atoms with Crippen molar-refractivity contribution in [2.24, 2.45) is 5.92 Å². The minimum absolute atomic E-state index is 0.177.